The van der Waals surface area contributed by atoms with Crippen molar-refractivity contribution >= 4 is 5.91 Å². The Kier molecular flexibility index (Phi) is 5.26. The lowest BCUT2D eigenvalue weighted by Gasteiger charge is -2.17. The van der Waals surface area contributed by atoms with Crippen molar-refractivity contribution in [2.45, 2.75) is 26.0 Å². The summed E-state index contributed by atoms with van der Waals surface area (Å²) < 4.78 is 16.0. The van der Waals surface area contributed by atoms with E-state index in [4.69, 9.17) is 13.9 Å². The summed E-state index contributed by atoms with van der Waals surface area (Å²) in [5.41, 5.74) is 0. The molecule has 1 heterocycles. The molecule has 2 rings (SSSR count). The molecule has 1 atom stereocenters. The SMILES string of the molecule is CC[C@@H](Oc1ccc(OC)cc1)C(=O)NCc1ccco1. The van der Waals surface area contributed by atoms with E-state index in [-0.39, 0.29) is 5.91 Å². The lowest BCUT2D eigenvalue weighted by atomic mass is 10.2. The van der Waals surface area contributed by atoms with Crippen LogP contribution in [0.4, 0.5) is 0 Å². The molecule has 2 aromatic rings. The molecule has 0 aliphatic rings. The fraction of sp³-hybridized carbons (Fsp3) is 0.312. The van der Waals surface area contributed by atoms with Crippen LogP contribution in [0.15, 0.2) is 47.1 Å². The van der Waals surface area contributed by atoms with Gasteiger partial charge in [0.15, 0.2) is 6.10 Å². The quantitative estimate of drug-likeness (QED) is 0.851. The third-order valence-corrected chi connectivity index (χ3v) is 3.02. The summed E-state index contributed by atoms with van der Waals surface area (Å²) in [5, 5.41) is 2.80. The zero-order valence-electron chi connectivity index (χ0n) is 12.2. The molecule has 1 aromatic carbocycles. The molecule has 0 saturated heterocycles. The Morgan fingerprint density at radius 3 is 2.52 bits per heavy atom. The number of ether oxygens (including phenoxy) is 2. The van der Waals surface area contributed by atoms with Gasteiger partial charge in [0.1, 0.15) is 17.3 Å². The Labute approximate surface area is 123 Å². The number of carbonyl (C=O) groups excluding carboxylic acids is 1. The monoisotopic (exact) mass is 289 g/mol. The third kappa shape index (κ3) is 4.27. The van der Waals surface area contributed by atoms with Gasteiger partial charge in [-0.1, -0.05) is 6.92 Å². The molecule has 0 aliphatic carbocycles. The van der Waals surface area contributed by atoms with Crippen LogP contribution >= 0.6 is 0 Å². The van der Waals surface area contributed by atoms with Crippen molar-refractivity contribution in [2.24, 2.45) is 0 Å². The zero-order valence-corrected chi connectivity index (χ0v) is 12.2. The summed E-state index contributed by atoms with van der Waals surface area (Å²) in [6, 6.07) is 10.7. The maximum Gasteiger partial charge on any atom is 0.261 e. The molecule has 1 aromatic heterocycles. The maximum atomic E-state index is 12.1. The van der Waals surface area contributed by atoms with E-state index in [9.17, 15) is 4.79 Å². The summed E-state index contributed by atoms with van der Waals surface area (Å²) >= 11 is 0. The highest BCUT2D eigenvalue weighted by molar-refractivity contribution is 5.81. The van der Waals surface area contributed by atoms with Gasteiger partial charge in [-0.3, -0.25) is 4.79 Å². The second-order valence-corrected chi connectivity index (χ2v) is 4.49. The minimum absolute atomic E-state index is 0.162. The molecule has 1 N–H and O–H groups in total. The first kappa shape index (κ1) is 15.0. The number of benzene rings is 1. The van der Waals surface area contributed by atoms with Gasteiger partial charge in [0, 0.05) is 0 Å². The first-order valence-corrected chi connectivity index (χ1v) is 6.83. The highest BCUT2D eigenvalue weighted by Gasteiger charge is 2.18. The van der Waals surface area contributed by atoms with E-state index in [0.29, 0.717) is 24.5 Å². The molecule has 0 spiro atoms. The van der Waals surface area contributed by atoms with Crippen molar-refractivity contribution in [3.05, 3.63) is 48.4 Å². The molecule has 5 nitrogen and oxygen atoms in total. The molecule has 0 unspecified atom stereocenters. The summed E-state index contributed by atoms with van der Waals surface area (Å²) in [7, 11) is 1.60. The summed E-state index contributed by atoms with van der Waals surface area (Å²) in [6.07, 6.45) is 1.62. The Hall–Kier alpha value is -2.43. The van der Waals surface area contributed by atoms with E-state index in [1.807, 2.05) is 13.0 Å². The lowest BCUT2D eigenvalue weighted by Crippen LogP contribution is -2.37. The van der Waals surface area contributed by atoms with Crippen LogP contribution in [0.1, 0.15) is 19.1 Å². The van der Waals surface area contributed by atoms with Crippen molar-refractivity contribution in [2.75, 3.05) is 7.11 Å². The van der Waals surface area contributed by atoms with Gasteiger partial charge >= 0.3 is 0 Å². The van der Waals surface area contributed by atoms with Crippen LogP contribution in [0.3, 0.4) is 0 Å². The second-order valence-electron chi connectivity index (χ2n) is 4.49. The Morgan fingerprint density at radius 1 is 1.24 bits per heavy atom. The Morgan fingerprint density at radius 2 is 1.95 bits per heavy atom. The Balaban J connectivity index is 1.90. The van der Waals surface area contributed by atoms with Crippen LogP contribution < -0.4 is 14.8 Å². The molecular weight excluding hydrogens is 270 g/mol. The van der Waals surface area contributed by atoms with E-state index in [1.54, 1.807) is 43.7 Å². The van der Waals surface area contributed by atoms with Gasteiger partial charge in [0.25, 0.3) is 5.91 Å². The summed E-state index contributed by atoms with van der Waals surface area (Å²) in [6.45, 7) is 2.26. The fourth-order valence-electron chi connectivity index (χ4n) is 1.84. The Bertz CT molecular complexity index is 548. The van der Waals surface area contributed by atoms with Crippen molar-refractivity contribution in [1.29, 1.82) is 0 Å². The number of carbonyl (C=O) groups is 1. The first-order chi connectivity index (χ1) is 10.2. The van der Waals surface area contributed by atoms with Gasteiger partial charge in [-0.25, -0.2) is 0 Å². The van der Waals surface area contributed by atoms with Gasteiger partial charge in [0.2, 0.25) is 0 Å². The second kappa shape index (κ2) is 7.38. The van der Waals surface area contributed by atoms with Crippen LogP contribution in [0.25, 0.3) is 0 Å². The van der Waals surface area contributed by atoms with Gasteiger partial charge in [0.05, 0.1) is 19.9 Å². The minimum atomic E-state index is -0.534. The van der Waals surface area contributed by atoms with Gasteiger partial charge in [-0.2, -0.15) is 0 Å². The largest absolute Gasteiger partial charge is 0.497 e. The van der Waals surface area contributed by atoms with Crippen LogP contribution in [0.2, 0.25) is 0 Å². The summed E-state index contributed by atoms with van der Waals surface area (Å²) in [4.78, 5) is 12.1. The van der Waals surface area contributed by atoms with Gasteiger partial charge in [-0.15, -0.1) is 0 Å². The van der Waals surface area contributed by atoms with Crippen LogP contribution in [0.5, 0.6) is 11.5 Å². The normalized spacial score (nSPS) is 11.7. The van der Waals surface area contributed by atoms with Crippen LogP contribution in [0, 0.1) is 0 Å². The zero-order chi connectivity index (χ0) is 15.1. The predicted octanol–water partition coefficient (Wildman–Crippen LogP) is 2.76. The molecule has 0 bridgehead atoms. The standard InChI is InChI=1S/C16H19NO4/c1-3-15(16(18)17-11-14-5-4-10-20-14)21-13-8-6-12(19-2)7-9-13/h4-10,15H,3,11H2,1-2H3,(H,17,18)/t15-/m1/s1. The fourth-order valence-corrected chi connectivity index (χ4v) is 1.84. The lowest BCUT2D eigenvalue weighted by molar-refractivity contribution is -0.128. The van der Waals surface area contributed by atoms with Gasteiger partial charge in [-0.05, 0) is 42.8 Å². The van der Waals surface area contributed by atoms with E-state index < -0.39 is 6.10 Å². The molecule has 0 fully saturated rings. The van der Waals surface area contributed by atoms with Crippen molar-refractivity contribution < 1.29 is 18.7 Å². The molecule has 112 valence electrons. The first-order valence-electron chi connectivity index (χ1n) is 6.83. The number of methoxy groups -OCH3 is 1. The molecule has 0 saturated carbocycles. The smallest absolute Gasteiger partial charge is 0.261 e. The number of nitrogens with one attached hydrogen (secondary N) is 1. The average molecular weight is 289 g/mol. The van der Waals surface area contributed by atoms with Crippen LogP contribution in [-0.2, 0) is 11.3 Å². The van der Waals surface area contributed by atoms with Crippen LogP contribution in [-0.4, -0.2) is 19.1 Å². The van der Waals surface area contributed by atoms with E-state index in [0.717, 1.165) is 5.75 Å². The van der Waals surface area contributed by atoms with E-state index >= 15 is 0 Å². The number of rotatable bonds is 7. The van der Waals surface area contributed by atoms with E-state index in [1.165, 1.54) is 0 Å². The number of hydrogen-bond donors (Lipinski definition) is 1. The number of furan rings is 1. The van der Waals surface area contributed by atoms with E-state index in [2.05, 4.69) is 5.32 Å². The van der Waals surface area contributed by atoms with Crippen molar-refractivity contribution in [3.63, 3.8) is 0 Å². The summed E-state index contributed by atoms with van der Waals surface area (Å²) in [5.74, 6) is 1.93. The van der Waals surface area contributed by atoms with Crippen molar-refractivity contribution in [3.8, 4) is 11.5 Å². The predicted molar refractivity (Wildman–Crippen MR) is 78.3 cm³/mol. The minimum Gasteiger partial charge on any atom is -0.497 e. The molecule has 0 aliphatic heterocycles. The molecule has 5 heteroatoms. The number of hydrogen-bond acceptors (Lipinski definition) is 4. The topological polar surface area (TPSA) is 60.7 Å². The molecular formula is C16H19NO4. The highest BCUT2D eigenvalue weighted by Crippen LogP contribution is 2.19. The molecule has 1 amide bonds. The average Bonchev–Trinajstić information content (AvgIpc) is 3.04. The highest BCUT2D eigenvalue weighted by atomic mass is 16.5. The van der Waals surface area contributed by atoms with Crippen molar-refractivity contribution in [1.82, 2.24) is 5.32 Å². The third-order valence-electron chi connectivity index (χ3n) is 3.02. The number of amides is 1. The molecule has 21 heavy (non-hydrogen) atoms. The van der Waals surface area contributed by atoms with Gasteiger partial charge < -0.3 is 19.2 Å². The molecule has 0 radical (unpaired) electrons. The maximum absolute atomic E-state index is 12.1.